The van der Waals surface area contributed by atoms with Gasteiger partial charge in [-0.1, -0.05) is 6.92 Å². The van der Waals surface area contributed by atoms with Gasteiger partial charge in [-0.15, -0.1) is 0 Å². The Labute approximate surface area is 128 Å². The zero-order valence-electron chi connectivity index (χ0n) is 13.3. The van der Waals surface area contributed by atoms with Gasteiger partial charge in [0.25, 0.3) is 5.56 Å². The number of rotatable bonds is 6. The molecule has 0 aliphatic heterocycles. The van der Waals surface area contributed by atoms with Crippen molar-refractivity contribution >= 4 is 16.9 Å². The lowest BCUT2D eigenvalue weighted by Gasteiger charge is -2.12. The van der Waals surface area contributed by atoms with E-state index >= 15 is 0 Å². The van der Waals surface area contributed by atoms with Crippen molar-refractivity contribution in [3.8, 4) is 0 Å². The number of aryl methyl sites for hydroxylation is 1. The van der Waals surface area contributed by atoms with Gasteiger partial charge in [-0.2, -0.15) is 0 Å². The lowest BCUT2D eigenvalue weighted by molar-refractivity contribution is -0.121. The van der Waals surface area contributed by atoms with Crippen molar-refractivity contribution in [2.24, 2.45) is 0 Å². The zero-order chi connectivity index (χ0) is 16.3. The highest BCUT2D eigenvalue weighted by Crippen LogP contribution is 2.10. The molecule has 0 bridgehead atoms. The van der Waals surface area contributed by atoms with E-state index in [0.717, 1.165) is 6.42 Å². The van der Waals surface area contributed by atoms with E-state index in [0.29, 0.717) is 30.7 Å². The number of hydrogen-bond donors (Lipinski definition) is 1. The van der Waals surface area contributed by atoms with Gasteiger partial charge in [0.05, 0.1) is 5.39 Å². The van der Waals surface area contributed by atoms with E-state index < -0.39 is 0 Å². The second-order valence-electron chi connectivity index (χ2n) is 5.11. The number of fused-ring (bicyclic) bond motifs is 1. The first-order chi connectivity index (χ1) is 10.5. The van der Waals surface area contributed by atoms with Gasteiger partial charge >= 0.3 is 5.69 Å². The number of hydrogen-bond acceptors (Lipinski definition) is 3. The average Bonchev–Trinajstić information content (AvgIpc) is 2.90. The lowest BCUT2D eigenvalue weighted by Crippen LogP contribution is -2.40. The van der Waals surface area contributed by atoms with E-state index in [4.69, 9.17) is 0 Å². The molecule has 0 aromatic carbocycles. The van der Waals surface area contributed by atoms with Crippen LogP contribution in [0.2, 0.25) is 0 Å². The van der Waals surface area contributed by atoms with Crippen molar-refractivity contribution in [1.29, 1.82) is 0 Å². The third kappa shape index (κ3) is 2.70. The molecule has 0 fully saturated rings. The molecule has 120 valence electrons. The number of carbonyl (C=O) groups excluding carboxylic acids is 1. The molecule has 0 spiro atoms. The van der Waals surface area contributed by atoms with Gasteiger partial charge in [-0.05, 0) is 26.3 Å². The molecule has 2 aromatic heterocycles. The SMILES string of the molecule is CCCNC(=O)Cn1ccc2c(=O)n(CC)c(=O)n(CC)c21. The molecule has 0 saturated heterocycles. The fourth-order valence-corrected chi connectivity index (χ4v) is 2.57. The van der Waals surface area contributed by atoms with Crippen LogP contribution in [0.5, 0.6) is 0 Å². The summed E-state index contributed by atoms with van der Waals surface area (Å²) in [7, 11) is 0. The maximum absolute atomic E-state index is 12.4. The molecule has 7 nitrogen and oxygen atoms in total. The average molecular weight is 306 g/mol. The molecule has 0 aliphatic carbocycles. The number of carbonyl (C=O) groups is 1. The normalized spacial score (nSPS) is 11.0. The molecule has 0 aliphatic rings. The van der Waals surface area contributed by atoms with Crippen molar-refractivity contribution in [1.82, 2.24) is 19.0 Å². The molecule has 0 unspecified atom stereocenters. The van der Waals surface area contributed by atoms with Crippen LogP contribution in [-0.2, 0) is 24.4 Å². The summed E-state index contributed by atoms with van der Waals surface area (Å²) in [6.07, 6.45) is 2.54. The maximum Gasteiger partial charge on any atom is 0.332 e. The molecule has 22 heavy (non-hydrogen) atoms. The molecule has 0 saturated carbocycles. The van der Waals surface area contributed by atoms with E-state index in [1.54, 1.807) is 23.8 Å². The molecule has 1 N–H and O–H groups in total. The maximum atomic E-state index is 12.4. The first kappa shape index (κ1) is 16.1. The topological polar surface area (TPSA) is 78.0 Å². The van der Waals surface area contributed by atoms with Crippen molar-refractivity contribution in [2.75, 3.05) is 6.54 Å². The van der Waals surface area contributed by atoms with E-state index in [-0.39, 0.29) is 23.7 Å². The Morgan fingerprint density at radius 1 is 1.14 bits per heavy atom. The Kier molecular flexibility index (Phi) is 4.85. The molecular weight excluding hydrogens is 284 g/mol. The van der Waals surface area contributed by atoms with Crippen molar-refractivity contribution in [3.05, 3.63) is 33.1 Å². The summed E-state index contributed by atoms with van der Waals surface area (Å²) in [6.45, 7) is 7.07. The van der Waals surface area contributed by atoms with E-state index in [2.05, 4.69) is 5.32 Å². The Morgan fingerprint density at radius 3 is 2.41 bits per heavy atom. The van der Waals surface area contributed by atoms with Crippen molar-refractivity contribution < 1.29 is 4.79 Å². The molecular formula is C15H22N4O3. The quantitative estimate of drug-likeness (QED) is 0.845. The first-order valence-corrected chi connectivity index (χ1v) is 7.64. The fraction of sp³-hybridized carbons (Fsp3) is 0.533. The van der Waals surface area contributed by atoms with Crippen LogP contribution in [0.25, 0.3) is 11.0 Å². The summed E-state index contributed by atoms with van der Waals surface area (Å²) in [5, 5.41) is 3.26. The Hall–Kier alpha value is -2.31. The molecule has 0 radical (unpaired) electrons. The van der Waals surface area contributed by atoms with Crippen LogP contribution in [0.1, 0.15) is 27.2 Å². The van der Waals surface area contributed by atoms with Gasteiger partial charge in [0.15, 0.2) is 0 Å². The van der Waals surface area contributed by atoms with E-state index in [1.165, 1.54) is 9.13 Å². The predicted molar refractivity (Wildman–Crippen MR) is 85.1 cm³/mol. The summed E-state index contributed by atoms with van der Waals surface area (Å²) < 4.78 is 4.41. The summed E-state index contributed by atoms with van der Waals surface area (Å²) in [5.74, 6) is -0.130. The largest absolute Gasteiger partial charge is 0.355 e. The van der Waals surface area contributed by atoms with Gasteiger partial charge in [0.2, 0.25) is 5.91 Å². The third-order valence-electron chi connectivity index (χ3n) is 3.65. The Morgan fingerprint density at radius 2 is 1.82 bits per heavy atom. The smallest absolute Gasteiger partial charge is 0.332 e. The number of aromatic nitrogens is 3. The number of nitrogens with one attached hydrogen (secondary N) is 1. The monoisotopic (exact) mass is 306 g/mol. The van der Waals surface area contributed by atoms with Crippen LogP contribution in [0.3, 0.4) is 0 Å². The summed E-state index contributed by atoms with van der Waals surface area (Å²) in [5.41, 5.74) is -0.134. The van der Waals surface area contributed by atoms with Gasteiger partial charge in [0.1, 0.15) is 12.2 Å². The van der Waals surface area contributed by atoms with Crippen LogP contribution in [-0.4, -0.2) is 26.2 Å². The number of amides is 1. The second-order valence-corrected chi connectivity index (χ2v) is 5.11. The molecule has 2 heterocycles. The van der Waals surface area contributed by atoms with Crippen LogP contribution in [0, 0.1) is 0 Å². The van der Waals surface area contributed by atoms with Gasteiger partial charge in [-0.3, -0.25) is 18.7 Å². The van der Waals surface area contributed by atoms with Crippen LogP contribution < -0.4 is 16.6 Å². The summed E-state index contributed by atoms with van der Waals surface area (Å²) >= 11 is 0. The lowest BCUT2D eigenvalue weighted by atomic mass is 10.4. The van der Waals surface area contributed by atoms with E-state index in [9.17, 15) is 14.4 Å². The van der Waals surface area contributed by atoms with Crippen molar-refractivity contribution in [3.63, 3.8) is 0 Å². The van der Waals surface area contributed by atoms with Crippen LogP contribution in [0.15, 0.2) is 21.9 Å². The van der Waals surface area contributed by atoms with Crippen molar-refractivity contribution in [2.45, 2.75) is 46.8 Å². The summed E-state index contributed by atoms with van der Waals surface area (Å²) in [4.78, 5) is 36.6. The first-order valence-electron chi connectivity index (χ1n) is 7.64. The fourth-order valence-electron chi connectivity index (χ4n) is 2.57. The van der Waals surface area contributed by atoms with Crippen LogP contribution >= 0.6 is 0 Å². The molecule has 0 atom stereocenters. The molecule has 2 rings (SSSR count). The third-order valence-corrected chi connectivity index (χ3v) is 3.65. The molecule has 7 heteroatoms. The van der Waals surface area contributed by atoms with Gasteiger partial charge < -0.3 is 9.88 Å². The standard InChI is InChI=1S/C15H22N4O3/c1-4-8-16-12(20)10-17-9-7-11-13(17)18(5-2)15(22)19(6-3)14(11)21/h7,9H,4-6,8,10H2,1-3H3,(H,16,20). The Bertz CT molecular complexity index is 797. The highest BCUT2D eigenvalue weighted by molar-refractivity contribution is 5.80. The second kappa shape index (κ2) is 6.64. The predicted octanol–water partition coefficient (Wildman–Crippen LogP) is 0.531. The minimum absolute atomic E-state index is 0.0958. The highest BCUT2D eigenvalue weighted by atomic mass is 16.2. The van der Waals surface area contributed by atoms with Gasteiger partial charge in [0, 0.05) is 25.8 Å². The van der Waals surface area contributed by atoms with Gasteiger partial charge in [-0.25, -0.2) is 4.79 Å². The Balaban J connectivity index is 2.57. The number of nitrogens with zero attached hydrogens (tertiary/aromatic N) is 3. The summed E-state index contributed by atoms with van der Waals surface area (Å²) in [6, 6.07) is 1.67. The molecule has 1 amide bonds. The zero-order valence-corrected chi connectivity index (χ0v) is 13.3. The highest BCUT2D eigenvalue weighted by Gasteiger charge is 2.16. The minimum atomic E-state index is -0.337. The van der Waals surface area contributed by atoms with E-state index in [1.807, 2.05) is 13.8 Å². The van der Waals surface area contributed by atoms with Crippen LogP contribution in [0.4, 0.5) is 0 Å². The minimum Gasteiger partial charge on any atom is -0.355 e. The molecule has 2 aromatic rings.